The Hall–Kier alpha value is -3.31. The van der Waals surface area contributed by atoms with Crippen molar-refractivity contribution in [1.29, 1.82) is 0 Å². The summed E-state index contributed by atoms with van der Waals surface area (Å²) < 4.78 is 59.6. The minimum atomic E-state index is -4.90. The maximum Gasteiger partial charge on any atom is 0.416 e. The van der Waals surface area contributed by atoms with E-state index in [1.165, 1.54) is 6.92 Å². The zero-order chi connectivity index (χ0) is 20.6. The molecule has 1 atom stereocenters. The molecule has 2 amide bonds. The van der Waals surface area contributed by atoms with E-state index in [0.717, 1.165) is 24.5 Å². The lowest BCUT2D eigenvalue weighted by atomic mass is 9.93. The number of urea groups is 1. The number of nitrogens with zero attached hydrogens (tertiary/aromatic N) is 2. The van der Waals surface area contributed by atoms with Crippen LogP contribution in [0.25, 0.3) is 11.0 Å². The highest BCUT2D eigenvalue weighted by Gasteiger charge is 2.45. The van der Waals surface area contributed by atoms with Crippen LogP contribution in [0.1, 0.15) is 17.4 Å². The Kier molecular flexibility index (Phi) is 4.88. The van der Waals surface area contributed by atoms with Crippen LogP contribution in [0, 0.1) is 12.7 Å². The highest BCUT2D eigenvalue weighted by atomic mass is 19.4. The lowest BCUT2D eigenvalue weighted by molar-refractivity contribution is -0.158. The van der Waals surface area contributed by atoms with Crippen molar-refractivity contribution in [3.8, 4) is 0 Å². The molecule has 28 heavy (non-hydrogen) atoms. The SMILES string of the molecule is [B]c1cc(F)cc2c(C)c([C@H](NC(=O)Nc3cnc(N)nc3)C(F)(F)F)oc12. The van der Waals surface area contributed by atoms with E-state index >= 15 is 0 Å². The van der Waals surface area contributed by atoms with Gasteiger partial charge in [0.25, 0.3) is 0 Å². The standard InChI is InChI=1S/C16H12BF4N5O2/c1-6-9-2-7(18)3-10(17)12(9)28-11(6)13(16(19,20)21)26-15(27)25-8-4-23-14(22)24-5-8/h2-5,13H,1H3,(H2,22,23,24)(H2,25,26,27)/t13-/m0/s1. The van der Waals surface area contributed by atoms with E-state index in [2.05, 4.69) is 15.3 Å². The predicted octanol–water partition coefficient (Wildman–Crippen LogP) is 2.47. The van der Waals surface area contributed by atoms with Crippen LogP contribution >= 0.6 is 0 Å². The van der Waals surface area contributed by atoms with E-state index in [4.69, 9.17) is 18.0 Å². The molecule has 0 saturated heterocycles. The second-order valence-electron chi connectivity index (χ2n) is 5.87. The molecule has 0 aliphatic carbocycles. The quantitative estimate of drug-likeness (QED) is 0.468. The number of benzene rings is 1. The fourth-order valence-electron chi connectivity index (χ4n) is 2.60. The molecule has 2 heterocycles. The molecule has 0 bridgehead atoms. The molecule has 2 radical (unpaired) electrons. The second-order valence-corrected chi connectivity index (χ2v) is 5.87. The average molecular weight is 393 g/mol. The minimum Gasteiger partial charge on any atom is -0.459 e. The van der Waals surface area contributed by atoms with Gasteiger partial charge in [0.15, 0.2) is 6.04 Å². The number of rotatable bonds is 3. The molecule has 0 aliphatic rings. The first kappa shape index (κ1) is 19.5. The number of nitrogens with two attached hydrogens (primary N) is 1. The molecule has 3 aromatic rings. The van der Waals surface area contributed by atoms with Gasteiger partial charge < -0.3 is 20.8 Å². The summed E-state index contributed by atoms with van der Waals surface area (Å²) in [5.74, 6) is -1.40. The summed E-state index contributed by atoms with van der Waals surface area (Å²) in [6.45, 7) is 1.31. The summed E-state index contributed by atoms with van der Waals surface area (Å²) in [4.78, 5) is 19.3. The van der Waals surface area contributed by atoms with Gasteiger partial charge in [0.05, 0.1) is 18.1 Å². The normalized spacial score (nSPS) is 12.8. The largest absolute Gasteiger partial charge is 0.459 e. The highest BCUT2D eigenvalue weighted by molar-refractivity contribution is 6.38. The summed E-state index contributed by atoms with van der Waals surface area (Å²) in [6, 6.07) is -1.75. The lowest BCUT2D eigenvalue weighted by Gasteiger charge is -2.20. The topological polar surface area (TPSA) is 106 Å². The average Bonchev–Trinajstić information content (AvgIpc) is 2.91. The summed E-state index contributed by atoms with van der Waals surface area (Å²) in [6.07, 6.45) is -2.65. The lowest BCUT2D eigenvalue weighted by Crippen LogP contribution is -2.40. The number of anilines is 2. The van der Waals surface area contributed by atoms with Gasteiger partial charge in [-0.1, -0.05) is 5.46 Å². The fraction of sp³-hybridized carbons (Fsp3) is 0.188. The van der Waals surface area contributed by atoms with Crippen molar-refractivity contribution in [2.45, 2.75) is 19.1 Å². The number of furan rings is 1. The van der Waals surface area contributed by atoms with Crippen molar-refractivity contribution in [1.82, 2.24) is 15.3 Å². The van der Waals surface area contributed by atoms with E-state index in [-0.39, 0.29) is 33.6 Å². The number of carbonyl (C=O) groups is 1. The van der Waals surface area contributed by atoms with Gasteiger partial charge in [-0.2, -0.15) is 13.2 Å². The van der Waals surface area contributed by atoms with E-state index in [1.54, 1.807) is 5.32 Å². The number of aromatic nitrogens is 2. The number of nitrogen functional groups attached to an aromatic ring is 1. The van der Waals surface area contributed by atoms with E-state index in [0.29, 0.717) is 0 Å². The van der Waals surface area contributed by atoms with Crippen LogP contribution in [0.3, 0.4) is 0 Å². The van der Waals surface area contributed by atoms with Crippen LogP contribution < -0.4 is 21.8 Å². The summed E-state index contributed by atoms with van der Waals surface area (Å²) in [7, 11) is 5.63. The number of carbonyl (C=O) groups excluding carboxylic acids is 1. The zero-order valence-corrected chi connectivity index (χ0v) is 14.3. The minimum absolute atomic E-state index is 0.000331. The Labute approximate surface area is 156 Å². The van der Waals surface area contributed by atoms with Crippen molar-refractivity contribution in [2.24, 2.45) is 0 Å². The maximum atomic E-state index is 13.6. The van der Waals surface area contributed by atoms with Crippen molar-refractivity contribution >= 4 is 41.9 Å². The Bertz CT molecular complexity index is 1040. The number of fused-ring (bicyclic) bond motifs is 1. The summed E-state index contributed by atoms with van der Waals surface area (Å²) in [5.41, 5.74) is 5.07. The molecule has 1 aromatic carbocycles. The van der Waals surface area contributed by atoms with Crippen LogP contribution in [0.15, 0.2) is 28.9 Å². The summed E-state index contributed by atoms with van der Waals surface area (Å²) >= 11 is 0. The maximum absolute atomic E-state index is 13.6. The van der Waals surface area contributed by atoms with Crippen molar-refractivity contribution in [3.63, 3.8) is 0 Å². The van der Waals surface area contributed by atoms with Crippen molar-refractivity contribution < 1.29 is 26.8 Å². The Morgan fingerprint density at radius 3 is 2.54 bits per heavy atom. The van der Waals surface area contributed by atoms with Crippen LogP contribution in [-0.4, -0.2) is 30.0 Å². The molecular formula is C16H12BF4N5O2. The third-order valence-electron chi connectivity index (χ3n) is 3.86. The molecule has 4 N–H and O–H groups in total. The molecule has 144 valence electrons. The number of hydrogen-bond acceptors (Lipinski definition) is 5. The van der Waals surface area contributed by atoms with Gasteiger partial charge >= 0.3 is 12.2 Å². The van der Waals surface area contributed by atoms with Gasteiger partial charge in [-0.15, -0.1) is 0 Å². The first-order chi connectivity index (χ1) is 13.1. The predicted molar refractivity (Wildman–Crippen MR) is 93.7 cm³/mol. The molecule has 2 aromatic heterocycles. The molecule has 0 unspecified atom stereocenters. The van der Waals surface area contributed by atoms with Gasteiger partial charge in [0.1, 0.15) is 25.0 Å². The number of alkyl halides is 3. The van der Waals surface area contributed by atoms with E-state index in [9.17, 15) is 22.4 Å². The zero-order valence-electron chi connectivity index (χ0n) is 14.3. The molecule has 7 nitrogen and oxygen atoms in total. The van der Waals surface area contributed by atoms with Gasteiger partial charge in [-0.25, -0.2) is 19.2 Å². The number of aryl methyl sites for hydroxylation is 1. The Morgan fingerprint density at radius 1 is 1.29 bits per heavy atom. The Morgan fingerprint density at radius 2 is 1.93 bits per heavy atom. The van der Waals surface area contributed by atoms with Gasteiger partial charge in [0, 0.05) is 10.9 Å². The van der Waals surface area contributed by atoms with E-state index < -0.39 is 29.8 Å². The smallest absolute Gasteiger partial charge is 0.416 e. The van der Waals surface area contributed by atoms with Crippen molar-refractivity contribution in [2.75, 3.05) is 11.1 Å². The second kappa shape index (κ2) is 7.02. The monoisotopic (exact) mass is 393 g/mol. The number of nitrogens with one attached hydrogen (secondary N) is 2. The van der Waals surface area contributed by atoms with Crippen LogP contribution in [0.4, 0.5) is 34.0 Å². The Balaban J connectivity index is 1.94. The molecule has 0 fully saturated rings. The van der Waals surface area contributed by atoms with Crippen molar-refractivity contribution in [3.05, 3.63) is 41.7 Å². The third-order valence-corrected chi connectivity index (χ3v) is 3.86. The number of halogens is 4. The molecule has 3 rings (SSSR count). The molecule has 0 saturated carbocycles. The molecule has 0 spiro atoms. The van der Waals surface area contributed by atoms with Crippen LogP contribution in [0.5, 0.6) is 0 Å². The van der Waals surface area contributed by atoms with E-state index in [1.807, 2.05) is 0 Å². The third kappa shape index (κ3) is 3.85. The number of hydrogen-bond donors (Lipinski definition) is 3. The molecule has 12 heteroatoms. The highest BCUT2D eigenvalue weighted by Crippen LogP contribution is 2.38. The van der Waals surface area contributed by atoms with Crippen LogP contribution in [0.2, 0.25) is 0 Å². The molecule has 0 aliphatic heterocycles. The van der Waals surface area contributed by atoms with Gasteiger partial charge in [0.2, 0.25) is 5.95 Å². The van der Waals surface area contributed by atoms with Crippen LogP contribution in [-0.2, 0) is 0 Å². The molecular weight excluding hydrogens is 381 g/mol. The number of amides is 2. The first-order valence-electron chi connectivity index (χ1n) is 7.76. The first-order valence-corrected chi connectivity index (χ1v) is 7.76. The fourth-order valence-corrected chi connectivity index (χ4v) is 2.60. The van der Waals surface area contributed by atoms with Gasteiger partial charge in [-0.3, -0.25) is 0 Å². The van der Waals surface area contributed by atoms with Gasteiger partial charge in [-0.05, 0) is 19.1 Å². The summed E-state index contributed by atoms with van der Waals surface area (Å²) in [5, 5.41) is 4.02.